The molecule has 3 rings (SSSR count). The number of hydrogen-bond donors (Lipinski definition) is 1. The lowest BCUT2D eigenvalue weighted by atomic mass is 10.2. The van der Waals surface area contributed by atoms with Gasteiger partial charge in [-0.25, -0.2) is 4.98 Å². The summed E-state index contributed by atoms with van der Waals surface area (Å²) < 4.78 is 2.06. The van der Waals surface area contributed by atoms with E-state index in [2.05, 4.69) is 27.0 Å². The number of hydrogen-bond acceptors (Lipinski definition) is 2. The Balaban J connectivity index is 1.83. The molecule has 0 saturated carbocycles. The van der Waals surface area contributed by atoms with E-state index in [4.69, 9.17) is 11.6 Å². The molecule has 3 aromatic rings. The van der Waals surface area contributed by atoms with Gasteiger partial charge in [0.15, 0.2) is 0 Å². The van der Waals surface area contributed by atoms with Crippen LogP contribution < -0.4 is 5.32 Å². The van der Waals surface area contributed by atoms with Crippen molar-refractivity contribution in [3.8, 4) is 5.69 Å². The van der Waals surface area contributed by atoms with Crippen molar-refractivity contribution >= 4 is 17.5 Å². The summed E-state index contributed by atoms with van der Waals surface area (Å²) in [7, 11) is 0. The molecule has 106 valence electrons. The molecule has 1 N–H and O–H groups in total. The van der Waals surface area contributed by atoms with Crippen LogP contribution >= 0.6 is 11.6 Å². The van der Waals surface area contributed by atoms with Crippen molar-refractivity contribution in [2.45, 2.75) is 13.5 Å². The molecule has 0 amide bonds. The Hall–Kier alpha value is -2.26. The maximum Gasteiger partial charge on any atom is 0.208 e. The molecule has 0 unspecified atom stereocenters. The molecule has 0 spiro atoms. The minimum Gasteiger partial charge on any atom is -0.351 e. The Morgan fingerprint density at radius 2 is 1.90 bits per heavy atom. The first-order valence-electron chi connectivity index (χ1n) is 6.82. The van der Waals surface area contributed by atoms with E-state index >= 15 is 0 Å². The Morgan fingerprint density at radius 3 is 2.67 bits per heavy atom. The van der Waals surface area contributed by atoms with Crippen LogP contribution in [0.1, 0.15) is 11.3 Å². The third kappa shape index (κ3) is 3.26. The van der Waals surface area contributed by atoms with Crippen LogP contribution in [0.4, 0.5) is 5.95 Å². The highest BCUT2D eigenvalue weighted by molar-refractivity contribution is 6.30. The van der Waals surface area contributed by atoms with Gasteiger partial charge in [0.25, 0.3) is 0 Å². The van der Waals surface area contributed by atoms with Crippen molar-refractivity contribution < 1.29 is 0 Å². The predicted octanol–water partition coefficient (Wildman–Crippen LogP) is 4.45. The molecule has 0 saturated heterocycles. The van der Waals surface area contributed by atoms with Crippen LogP contribution in [0.5, 0.6) is 0 Å². The normalized spacial score (nSPS) is 10.6. The first-order valence-corrected chi connectivity index (χ1v) is 7.20. The number of anilines is 1. The first-order chi connectivity index (χ1) is 10.2. The van der Waals surface area contributed by atoms with Gasteiger partial charge in [0.2, 0.25) is 5.95 Å². The lowest BCUT2D eigenvalue weighted by Crippen LogP contribution is -2.06. The SMILES string of the molecule is Cc1cn(-c2ccccc2)c(NCc2cccc(Cl)c2)n1. The molecule has 1 heterocycles. The molecule has 0 bridgehead atoms. The largest absolute Gasteiger partial charge is 0.351 e. The second kappa shape index (κ2) is 6.02. The van der Waals surface area contributed by atoms with Gasteiger partial charge >= 0.3 is 0 Å². The van der Waals surface area contributed by atoms with E-state index in [9.17, 15) is 0 Å². The molecular formula is C17H16ClN3. The first kappa shape index (κ1) is 13.7. The van der Waals surface area contributed by atoms with Gasteiger partial charge < -0.3 is 5.32 Å². The maximum absolute atomic E-state index is 6.01. The van der Waals surface area contributed by atoms with Crippen molar-refractivity contribution in [1.82, 2.24) is 9.55 Å². The topological polar surface area (TPSA) is 29.9 Å². The molecule has 2 aromatic carbocycles. The van der Waals surface area contributed by atoms with Crippen LogP contribution in [0.15, 0.2) is 60.8 Å². The van der Waals surface area contributed by atoms with Crippen LogP contribution in [0.2, 0.25) is 5.02 Å². The Morgan fingerprint density at radius 1 is 1.10 bits per heavy atom. The quantitative estimate of drug-likeness (QED) is 0.771. The van der Waals surface area contributed by atoms with E-state index in [0.717, 1.165) is 27.9 Å². The fourth-order valence-electron chi connectivity index (χ4n) is 2.24. The number of benzene rings is 2. The Labute approximate surface area is 129 Å². The average molecular weight is 298 g/mol. The highest BCUT2D eigenvalue weighted by atomic mass is 35.5. The van der Waals surface area contributed by atoms with Gasteiger partial charge in [0, 0.05) is 23.5 Å². The summed E-state index contributed by atoms with van der Waals surface area (Å²) >= 11 is 6.01. The van der Waals surface area contributed by atoms with Gasteiger partial charge in [-0.3, -0.25) is 4.57 Å². The van der Waals surface area contributed by atoms with E-state index in [1.54, 1.807) is 0 Å². The number of halogens is 1. The van der Waals surface area contributed by atoms with Gasteiger partial charge in [-0.05, 0) is 36.8 Å². The number of aryl methyl sites for hydroxylation is 1. The Bertz CT molecular complexity index is 735. The van der Waals surface area contributed by atoms with Gasteiger partial charge in [-0.15, -0.1) is 0 Å². The van der Waals surface area contributed by atoms with Gasteiger partial charge in [0.1, 0.15) is 0 Å². The number of imidazole rings is 1. The lowest BCUT2D eigenvalue weighted by Gasteiger charge is -2.10. The zero-order valence-electron chi connectivity index (χ0n) is 11.8. The molecule has 0 aliphatic carbocycles. The smallest absolute Gasteiger partial charge is 0.208 e. The molecule has 0 fully saturated rings. The van der Waals surface area contributed by atoms with Crippen LogP contribution in [-0.2, 0) is 6.54 Å². The monoisotopic (exact) mass is 297 g/mol. The summed E-state index contributed by atoms with van der Waals surface area (Å²) in [4.78, 5) is 4.54. The van der Waals surface area contributed by atoms with Gasteiger partial charge in [-0.1, -0.05) is 41.9 Å². The third-order valence-corrected chi connectivity index (χ3v) is 3.44. The summed E-state index contributed by atoms with van der Waals surface area (Å²) in [5.74, 6) is 0.832. The highest BCUT2D eigenvalue weighted by Crippen LogP contribution is 2.18. The number of nitrogens with zero attached hydrogens (tertiary/aromatic N) is 2. The molecule has 0 aliphatic rings. The molecule has 0 radical (unpaired) electrons. The molecule has 0 atom stereocenters. The summed E-state index contributed by atoms with van der Waals surface area (Å²) in [6.45, 7) is 2.67. The fraction of sp³-hybridized carbons (Fsp3) is 0.118. The van der Waals surface area contributed by atoms with Crippen LogP contribution in [0.25, 0.3) is 5.69 Å². The molecule has 1 aromatic heterocycles. The predicted molar refractivity (Wildman–Crippen MR) is 87.1 cm³/mol. The van der Waals surface area contributed by atoms with Crippen LogP contribution in [-0.4, -0.2) is 9.55 Å². The number of para-hydroxylation sites is 1. The molecule has 0 aliphatic heterocycles. The molecular weight excluding hydrogens is 282 g/mol. The number of aromatic nitrogens is 2. The minimum atomic E-state index is 0.684. The Kier molecular flexibility index (Phi) is 3.93. The van der Waals surface area contributed by atoms with Gasteiger partial charge in [-0.2, -0.15) is 0 Å². The average Bonchev–Trinajstić information content (AvgIpc) is 2.87. The summed E-state index contributed by atoms with van der Waals surface area (Å²) in [5.41, 5.74) is 3.20. The fourth-order valence-corrected chi connectivity index (χ4v) is 2.45. The van der Waals surface area contributed by atoms with E-state index < -0.39 is 0 Å². The van der Waals surface area contributed by atoms with Crippen molar-refractivity contribution in [3.05, 3.63) is 77.1 Å². The number of rotatable bonds is 4. The number of nitrogens with one attached hydrogen (secondary N) is 1. The minimum absolute atomic E-state index is 0.684. The highest BCUT2D eigenvalue weighted by Gasteiger charge is 2.07. The second-order valence-corrected chi connectivity index (χ2v) is 5.33. The van der Waals surface area contributed by atoms with Crippen LogP contribution in [0, 0.1) is 6.92 Å². The molecule has 3 nitrogen and oxygen atoms in total. The zero-order valence-corrected chi connectivity index (χ0v) is 12.5. The van der Waals surface area contributed by atoms with E-state index in [-0.39, 0.29) is 0 Å². The summed E-state index contributed by atoms with van der Waals surface area (Å²) in [6.07, 6.45) is 2.02. The van der Waals surface area contributed by atoms with E-state index in [0.29, 0.717) is 6.54 Å². The summed E-state index contributed by atoms with van der Waals surface area (Å²) in [6, 6.07) is 18.0. The lowest BCUT2D eigenvalue weighted by molar-refractivity contribution is 1.00. The maximum atomic E-state index is 6.01. The standard InChI is InChI=1S/C17H16ClN3/c1-13-12-21(16-8-3-2-4-9-16)17(20-13)19-11-14-6-5-7-15(18)10-14/h2-10,12H,11H2,1H3,(H,19,20). The zero-order chi connectivity index (χ0) is 14.7. The summed E-state index contributed by atoms with van der Waals surface area (Å²) in [5, 5.41) is 4.12. The van der Waals surface area contributed by atoms with Crippen molar-refractivity contribution in [1.29, 1.82) is 0 Å². The molecule has 4 heteroatoms. The van der Waals surface area contributed by atoms with E-state index in [1.165, 1.54) is 0 Å². The van der Waals surface area contributed by atoms with Crippen molar-refractivity contribution in [2.75, 3.05) is 5.32 Å². The van der Waals surface area contributed by atoms with E-state index in [1.807, 2.05) is 55.6 Å². The second-order valence-electron chi connectivity index (χ2n) is 4.89. The van der Waals surface area contributed by atoms with Crippen LogP contribution in [0.3, 0.4) is 0 Å². The third-order valence-electron chi connectivity index (χ3n) is 3.20. The van der Waals surface area contributed by atoms with Crippen molar-refractivity contribution in [3.63, 3.8) is 0 Å². The molecule has 21 heavy (non-hydrogen) atoms. The van der Waals surface area contributed by atoms with Gasteiger partial charge in [0.05, 0.1) is 5.69 Å². The van der Waals surface area contributed by atoms with Crippen molar-refractivity contribution in [2.24, 2.45) is 0 Å².